The minimum absolute atomic E-state index is 0.0515. The predicted molar refractivity (Wildman–Crippen MR) is 109 cm³/mol. The number of hydrogen-bond acceptors (Lipinski definition) is 3. The fourth-order valence-corrected chi connectivity index (χ4v) is 2.77. The summed E-state index contributed by atoms with van der Waals surface area (Å²) < 4.78 is 5.42. The number of ether oxygens (including phenoxy) is 1. The normalized spacial score (nSPS) is 11.0. The minimum Gasteiger partial charge on any atom is -0.496 e. The second-order valence-corrected chi connectivity index (χ2v) is 6.13. The number of hydrogen-bond donors (Lipinski definition) is 2. The van der Waals surface area contributed by atoms with Crippen LogP contribution in [0, 0.1) is 0 Å². The fraction of sp³-hybridized carbons (Fsp3) is 0.333. The quantitative estimate of drug-likeness (QED) is 0.582. The number of carbonyl (C=O) groups excluding carboxylic acids is 1. The van der Waals surface area contributed by atoms with E-state index in [4.69, 9.17) is 4.74 Å². The van der Waals surface area contributed by atoms with Crippen LogP contribution >= 0.6 is 0 Å². The van der Waals surface area contributed by atoms with Crippen molar-refractivity contribution in [1.29, 1.82) is 0 Å². The van der Waals surface area contributed by atoms with E-state index in [1.165, 1.54) is 0 Å². The summed E-state index contributed by atoms with van der Waals surface area (Å²) in [5, 5.41) is 6.15. The van der Waals surface area contributed by atoms with E-state index in [0.29, 0.717) is 25.2 Å². The van der Waals surface area contributed by atoms with Gasteiger partial charge in [-0.15, -0.1) is 0 Å². The second-order valence-electron chi connectivity index (χ2n) is 6.13. The lowest BCUT2D eigenvalue weighted by Crippen LogP contribution is -2.38. The molecule has 0 radical (unpaired) electrons. The van der Waals surface area contributed by atoms with Crippen LogP contribution in [-0.4, -0.2) is 44.5 Å². The number of rotatable bonds is 7. The lowest BCUT2D eigenvalue weighted by atomic mass is 10.1. The first-order valence-electron chi connectivity index (χ1n) is 8.99. The highest BCUT2D eigenvalue weighted by molar-refractivity contribution is 5.94. The molecule has 0 aliphatic rings. The van der Waals surface area contributed by atoms with Crippen LogP contribution in [-0.2, 0) is 13.1 Å². The molecule has 2 aromatic rings. The number of amides is 1. The van der Waals surface area contributed by atoms with Gasteiger partial charge in [-0.05, 0) is 30.7 Å². The van der Waals surface area contributed by atoms with Crippen molar-refractivity contribution in [2.45, 2.75) is 20.0 Å². The van der Waals surface area contributed by atoms with Crippen LogP contribution in [0.1, 0.15) is 28.4 Å². The molecule has 0 aliphatic heterocycles. The third-order valence-electron chi connectivity index (χ3n) is 4.18. The Morgan fingerprint density at radius 3 is 2.44 bits per heavy atom. The Balaban J connectivity index is 1.95. The van der Waals surface area contributed by atoms with Crippen molar-refractivity contribution in [2.75, 3.05) is 27.7 Å². The zero-order chi connectivity index (χ0) is 19.6. The molecule has 0 spiro atoms. The van der Waals surface area contributed by atoms with Gasteiger partial charge in [0.05, 0.1) is 7.11 Å². The van der Waals surface area contributed by atoms with Crippen LogP contribution in [0.4, 0.5) is 0 Å². The molecule has 2 N–H and O–H groups in total. The van der Waals surface area contributed by atoms with Crippen molar-refractivity contribution in [3.63, 3.8) is 0 Å². The van der Waals surface area contributed by atoms with Crippen molar-refractivity contribution < 1.29 is 9.53 Å². The number of nitrogens with zero attached hydrogens (tertiary/aromatic N) is 2. The molecule has 0 heterocycles. The zero-order valence-corrected chi connectivity index (χ0v) is 16.5. The fourth-order valence-electron chi connectivity index (χ4n) is 2.77. The molecule has 6 nitrogen and oxygen atoms in total. The number of guanidine groups is 1. The molecule has 2 rings (SSSR count). The first-order valence-corrected chi connectivity index (χ1v) is 8.99. The topological polar surface area (TPSA) is 66.0 Å². The number of carbonyl (C=O) groups is 1. The van der Waals surface area contributed by atoms with Gasteiger partial charge in [-0.3, -0.25) is 9.79 Å². The van der Waals surface area contributed by atoms with Crippen LogP contribution in [0.2, 0.25) is 0 Å². The monoisotopic (exact) mass is 368 g/mol. The third kappa shape index (κ3) is 5.74. The molecule has 0 saturated carbocycles. The smallest absolute Gasteiger partial charge is 0.251 e. The van der Waals surface area contributed by atoms with Crippen LogP contribution in [0.25, 0.3) is 0 Å². The Hall–Kier alpha value is -3.02. The first-order chi connectivity index (χ1) is 13.1. The van der Waals surface area contributed by atoms with Gasteiger partial charge in [0, 0.05) is 44.9 Å². The average molecular weight is 368 g/mol. The Morgan fingerprint density at radius 2 is 1.81 bits per heavy atom. The van der Waals surface area contributed by atoms with Gasteiger partial charge in [0.15, 0.2) is 5.96 Å². The summed E-state index contributed by atoms with van der Waals surface area (Å²) in [5.41, 5.74) is 2.84. The summed E-state index contributed by atoms with van der Waals surface area (Å²) >= 11 is 0. The van der Waals surface area contributed by atoms with E-state index in [9.17, 15) is 4.79 Å². The number of aliphatic imine (C=N–C) groups is 1. The standard InChI is InChI=1S/C21H28N4O2/c1-5-23-20(26)17-12-10-16(11-13-17)14-24-21(22-2)25(3)15-18-8-6-7-9-19(18)27-4/h6-13H,5,14-15H2,1-4H3,(H,22,24)(H,23,26). The van der Waals surface area contributed by atoms with Crippen molar-refractivity contribution in [1.82, 2.24) is 15.5 Å². The molecule has 0 saturated heterocycles. The molecule has 2 aromatic carbocycles. The molecule has 0 unspecified atom stereocenters. The van der Waals surface area contributed by atoms with Gasteiger partial charge in [0.25, 0.3) is 5.91 Å². The van der Waals surface area contributed by atoms with E-state index in [2.05, 4.69) is 15.6 Å². The van der Waals surface area contributed by atoms with Gasteiger partial charge in [0.2, 0.25) is 0 Å². The lowest BCUT2D eigenvalue weighted by Gasteiger charge is -2.23. The molecular weight excluding hydrogens is 340 g/mol. The van der Waals surface area contributed by atoms with Crippen molar-refractivity contribution in [3.8, 4) is 5.75 Å². The highest BCUT2D eigenvalue weighted by atomic mass is 16.5. The van der Waals surface area contributed by atoms with E-state index >= 15 is 0 Å². The number of methoxy groups -OCH3 is 1. The van der Waals surface area contributed by atoms with Gasteiger partial charge in [-0.1, -0.05) is 30.3 Å². The summed E-state index contributed by atoms with van der Waals surface area (Å²) in [5.74, 6) is 1.60. The molecular formula is C21H28N4O2. The molecule has 0 atom stereocenters. The van der Waals surface area contributed by atoms with Gasteiger partial charge in [0.1, 0.15) is 5.75 Å². The Bertz CT molecular complexity index is 772. The summed E-state index contributed by atoms with van der Waals surface area (Å²) in [6, 6.07) is 15.5. The zero-order valence-electron chi connectivity index (χ0n) is 16.5. The van der Waals surface area contributed by atoms with Gasteiger partial charge < -0.3 is 20.3 Å². The van der Waals surface area contributed by atoms with Gasteiger partial charge >= 0.3 is 0 Å². The van der Waals surface area contributed by atoms with E-state index in [1.807, 2.05) is 67.4 Å². The molecule has 144 valence electrons. The van der Waals surface area contributed by atoms with Gasteiger partial charge in [-0.2, -0.15) is 0 Å². The number of para-hydroxylation sites is 1. The van der Waals surface area contributed by atoms with E-state index in [0.717, 1.165) is 22.8 Å². The molecule has 6 heteroatoms. The number of nitrogens with one attached hydrogen (secondary N) is 2. The summed E-state index contributed by atoms with van der Waals surface area (Å²) in [7, 11) is 5.43. The van der Waals surface area contributed by atoms with Crippen LogP contribution in [0.5, 0.6) is 5.75 Å². The SMILES string of the molecule is CCNC(=O)c1ccc(CNC(=NC)N(C)Cc2ccccc2OC)cc1. The summed E-state index contributed by atoms with van der Waals surface area (Å²) in [6.45, 7) is 3.83. The van der Waals surface area contributed by atoms with Gasteiger partial charge in [-0.25, -0.2) is 0 Å². The van der Waals surface area contributed by atoms with E-state index in [-0.39, 0.29) is 5.91 Å². The summed E-state index contributed by atoms with van der Waals surface area (Å²) in [4.78, 5) is 18.2. The van der Waals surface area contributed by atoms with Crippen molar-refractivity contribution in [3.05, 3.63) is 65.2 Å². The highest BCUT2D eigenvalue weighted by Crippen LogP contribution is 2.18. The minimum atomic E-state index is -0.0515. The highest BCUT2D eigenvalue weighted by Gasteiger charge is 2.10. The van der Waals surface area contributed by atoms with Crippen LogP contribution in [0.15, 0.2) is 53.5 Å². The average Bonchev–Trinajstić information content (AvgIpc) is 2.69. The van der Waals surface area contributed by atoms with Crippen LogP contribution in [0.3, 0.4) is 0 Å². The molecule has 0 fully saturated rings. The molecule has 1 amide bonds. The second kappa shape index (κ2) is 10.2. The Morgan fingerprint density at radius 1 is 1.11 bits per heavy atom. The number of benzene rings is 2. The van der Waals surface area contributed by atoms with Crippen LogP contribution < -0.4 is 15.4 Å². The molecule has 27 heavy (non-hydrogen) atoms. The summed E-state index contributed by atoms with van der Waals surface area (Å²) in [6.07, 6.45) is 0. The van der Waals surface area contributed by atoms with E-state index < -0.39 is 0 Å². The largest absolute Gasteiger partial charge is 0.496 e. The Labute approximate surface area is 161 Å². The maximum absolute atomic E-state index is 11.8. The predicted octanol–water partition coefficient (Wildman–Crippen LogP) is 2.65. The first kappa shape index (κ1) is 20.3. The third-order valence-corrected chi connectivity index (χ3v) is 4.18. The lowest BCUT2D eigenvalue weighted by molar-refractivity contribution is 0.0956. The molecule has 0 aromatic heterocycles. The van der Waals surface area contributed by atoms with Crippen molar-refractivity contribution in [2.24, 2.45) is 4.99 Å². The maximum atomic E-state index is 11.8. The maximum Gasteiger partial charge on any atom is 0.251 e. The van der Waals surface area contributed by atoms with E-state index in [1.54, 1.807) is 14.2 Å². The molecule has 0 aliphatic carbocycles. The Kier molecular flexibility index (Phi) is 7.67. The molecule has 0 bridgehead atoms. The van der Waals surface area contributed by atoms with Crippen molar-refractivity contribution >= 4 is 11.9 Å².